The summed E-state index contributed by atoms with van der Waals surface area (Å²) in [4.78, 5) is 4.23. The first-order chi connectivity index (χ1) is 8.31. The highest BCUT2D eigenvalue weighted by Crippen LogP contribution is 2.31. The van der Waals surface area contributed by atoms with Crippen molar-refractivity contribution in [1.29, 1.82) is 0 Å². The molecule has 1 aromatic heterocycles. The van der Waals surface area contributed by atoms with E-state index < -0.39 is 0 Å². The molecule has 2 nitrogen and oxygen atoms in total. The fourth-order valence-electron chi connectivity index (χ4n) is 1.45. The van der Waals surface area contributed by atoms with Crippen LogP contribution in [0.15, 0.2) is 47.1 Å². The standard InChI is InChI=1S/C13H11Br2NO/c14-8-10-4-3-6-12(15)13(10)17-9-11-5-1-2-7-16-11/h1-7H,8-9H2. The first-order valence-corrected chi connectivity index (χ1v) is 7.09. The maximum atomic E-state index is 5.81. The lowest BCUT2D eigenvalue weighted by Crippen LogP contribution is -2.00. The molecule has 0 bridgehead atoms. The molecule has 0 unspecified atom stereocenters. The second kappa shape index (κ2) is 6.17. The molecular weight excluding hydrogens is 346 g/mol. The van der Waals surface area contributed by atoms with Gasteiger partial charge < -0.3 is 4.74 Å². The molecule has 0 amide bonds. The zero-order valence-corrected chi connectivity index (χ0v) is 12.2. The van der Waals surface area contributed by atoms with Crippen LogP contribution in [-0.4, -0.2) is 4.98 Å². The normalized spacial score (nSPS) is 10.2. The topological polar surface area (TPSA) is 22.1 Å². The average molecular weight is 357 g/mol. The van der Waals surface area contributed by atoms with Gasteiger partial charge in [0.25, 0.3) is 0 Å². The van der Waals surface area contributed by atoms with Gasteiger partial charge in [0.1, 0.15) is 12.4 Å². The van der Waals surface area contributed by atoms with Crippen molar-refractivity contribution in [3.05, 3.63) is 58.3 Å². The summed E-state index contributed by atoms with van der Waals surface area (Å²) in [7, 11) is 0. The van der Waals surface area contributed by atoms with Gasteiger partial charge in [-0.1, -0.05) is 34.1 Å². The number of hydrogen-bond donors (Lipinski definition) is 0. The quantitative estimate of drug-likeness (QED) is 0.761. The number of halogens is 2. The van der Waals surface area contributed by atoms with E-state index in [2.05, 4.69) is 36.8 Å². The molecule has 88 valence electrons. The zero-order valence-electron chi connectivity index (χ0n) is 9.07. The summed E-state index contributed by atoms with van der Waals surface area (Å²) in [6.45, 7) is 0.476. The van der Waals surface area contributed by atoms with E-state index in [0.29, 0.717) is 6.61 Å². The van der Waals surface area contributed by atoms with Crippen LogP contribution in [0.5, 0.6) is 5.75 Å². The molecule has 2 rings (SSSR count). The van der Waals surface area contributed by atoms with Gasteiger partial charge in [-0.2, -0.15) is 0 Å². The molecule has 0 N–H and O–H groups in total. The van der Waals surface area contributed by atoms with E-state index in [9.17, 15) is 0 Å². The first kappa shape index (κ1) is 12.6. The fraction of sp³-hybridized carbons (Fsp3) is 0.154. The maximum absolute atomic E-state index is 5.81. The van der Waals surface area contributed by atoms with E-state index >= 15 is 0 Å². The Balaban J connectivity index is 2.14. The van der Waals surface area contributed by atoms with Gasteiger partial charge in [0, 0.05) is 17.1 Å². The van der Waals surface area contributed by atoms with E-state index in [1.807, 2.05) is 36.4 Å². The molecule has 0 spiro atoms. The Morgan fingerprint density at radius 3 is 2.71 bits per heavy atom. The van der Waals surface area contributed by atoms with Gasteiger partial charge in [-0.3, -0.25) is 4.98 Å². The van der Waals surface area contributed by atoms with Gasteiger partial charge in [-0.05, 0) is 34.1 Å². The smallest absolute Gasteiger partial charge is 0.138 e. The van der Waals surface area contributed by atoms with Crippen LogP contribution in [0, 0.1) is 0 Å². The highest BCUT2D eigenvalue weighted by molar-refractivity contribution is 9.10. The van der Waals surface area contributed by atoms with Gasteiger partial charge in [0.2, 0.25) is 0 Å². The van der Waals surface area contributed by atoms with Crippen molar-refractivity contribution in [3.63, 3.8) is 0 Å². The Labute approximate surface area is 117 Å². The summed E-state index contributed by atoms with van der Waals surface area (Å²) in [6, 6.07) is 11.8. The molecule has 0 fully saturated rings. The highest BCUT2D eigenvalue weighted by Gasteiger charge is 2.07. The van der Waals surface area contributed by atoms with Crippen LogP contribution in [-0.2, 0) is 11.9 Å². The monoisotopic (exact) mass is 355 g/mol. The van der Waals surface area contributed by atoms with Crippen molar-refractivity contribution in [3.8, 4) is 5.75 Å². The minimum atomic E-state index is 0.476. The van der Waals surface area contributed by atoms with Crippen molar-refractivity contribution >= 4 is 31.9 Å². The molecule has 0 aliphatic heterocycles. The summed E-state index contributed by atoms with van der Waals surface area (Å²) in [5.41, 5.74) is 2.04. The molecule has 1 heterocycles. The largest absolute Gasteiger partial charge is 0.486 e. The number of ether oxygens (including phenoxy) is 1. The molecule has 0 radical (unpaired) electrons. The van der Waals surface area contributed by atoms with Gasteiger partial charge in [-0.25, -0.2) is 0 Å². The van der Waals surface area contributed by atoms with Crippen LogP contribution in [0.4, 0.5) is 0 Å². The molecule has 0 aliphatic carbocycles. The second-order valence-corrected chi connectivity index (χ2v) is 4.89. The molecule has 4 heteroatoms. The first-order valence-electron chi connectivity index (χ1n) is 5.17. The van der Waals surface area contributed by atoms with Crippen LogP contribution >= 0.6 is 31.9 Å². The van der Waals surface area contributed by atoms with E-state index in [4.69, 9.17) is 4.74 Å². The van der Waals surface area contributed by atoms with Crippen molar-refractivity contribution < 1.29 is 4.74 Å². The third-order valence-electron chi connectivity index (χ3n) is 2.28. The third kappa shape index (κ3) is 3.30. The Kier molecular flexibility index (Phi) is 4.57. The third-order valence-corrected chi connectivity index (χ3v) is 3.51. The Morgan fingerprint density at radius 1 is 1.12 bits per heavy atom. The van der Waals surface area contributed by atoms with E-state index in [1.165, 1.54) is 0 Å². The summed E-state index contributed by atoms with van der Waals surface area (Å²) in [5, 5.41) is 0.768. The molecule has 0 aliphatic rings. The van der Waals surface area contributed by atoms with Crippen molar-refractivity contribution in [1.82, 2.24) is 4.98 Å². The Bertz CT molecular complexity index is 488. The number of nitrogens with zero attached hydrogens (tertiary/aromatic N) is 1. The molecule has 2 aromatic rings. The zero-order chi connectivity index (χ0) is 12.1. The van der Waals surface area contributed by atoms with Crippen LogP contribution in [0.3, 0.4) is 0 Å². The molecule has 0 atom stereocenters. The van der Waals surface area contributed by atoms with Crippen LogP contribution in [0.1, 0.15) is 11.3 Å². The molecule has 0 saturated heterocycles. The van der Waals surface area contributed by atoms with Gasteiger partial charge in [0.15, 0.2) is 0 Å². The number of benzene rings is 1. The average Bonchev–Trinajstić information content (AvgIpc) is 2.38. The number of rotatable bonds is 4. The lowest BCUT2D eigenvalue weighted by Gasteiger charge is -2.11. The minimum absolute atomic E-state index is 0.476. The highest BCUT2D eigenvalue weighted by atomic mass is 79.9. The van der Waals surface area contributed by atoms with Crippen LogP contribution in [0.2, 0.25) is 0 Å². The summed E-state index contributed by atoms with van der Waals surface area (Å²) >= 11 is 6.95. The molecular formula is C13H11Br2NO. The number of pyridine rings is 1. The predicted molar refractivity (Wildman–Crippen MR) is 75.3 cm³/mol. The Hall–Kier alpha value is -0.870. The SMILES string of the molecule is BrCc1cccc(Br)c1OCc1ccccn1. The van der Waals surface area contributed by atoms with Crippen molar-refractivity contribution in [2.75, 3.05) is 0 Å². The van der Waals surface area contributed by atoms with Crippen molar-refractivity contribution in [2.24, 2.45) is 0 Å². The molecule has 0 saturated carbocycles. The molecule has 17 heavy (non-hydrogen) atoms. The lowest BCUT2D eigenvalue weighted by atomic mass is 10.2. The van der Waals surface area contributed by atoms with E-state index in [0.717, 1.165) is 26.8 Å². The van der Waals surface area contributed by atoms with Gasteiger partial charge in [-0.15, -0.1) is 0 Å². The van der Waals surface area contributed by atoms with Crippen LogP contribution in [0.25, 0.3) is 0 Å². The predicted octanol–water partition coefficient (Wildman–Crippen LogP) is 4.32. The number of para-hydroxylation sites is 1. The maximum Gasteiger partial charge on any atom is 0.138 e. The second-order valence-electron chi connectivity index (χ2n) is 3.47. The summed E-state index contributed by atoms with van der Waals surface area (Å²) in [5.74, 6) is 0.870. The minimum Gasteiger partial charge on any atom is -0.486 e. The molecule has 1 aromatic carbocycles. The van der Waals surface area contributed by atoms with E-state index in [1.54, 1.807) is 6.20 Å². The Morgan fingerprint density at radius 2 is 2.00 bits per heavy atom. The van der Waals surface area contributed by atoms with Gasteiger partial charge in [0.05, 0.1) is 10.2 Å². The van der Waals surface area contributed by atoms with Crippen LogP contribution < -0.4 is 4.74 Å². The van der Waals surface area contributed by atoms with Crippen molar-refractivity contribution in [2.45, 2.75) is 11.9 Å². The van der Waals surface area contributed by atoms with E-state index in [-0.39, 0.29) is 0 Å². The number of alkyl halides is 1. The van der Waals surface area contributed by atoms with Gasteiger partial charge >= 0.3 is 0 Å². The summed E-state index contributed by atoms with van der Waals surface area (Å²) < 4.78 is 6.77. The number of hydrogen-bond acceptors (Lipinski definition) is 2. The number of aromatic nitrogens is 1. The lowest BCUT2D eigenvalue weighted by molar-refractivity contribution is 0.297. The summed E-state index contributed by atoms with van der Waals surface area (Å²) in [6.07, 6.45) is 1.77. The fourth-order valence-corrected chi connectivity index (χ4v) is 2.41.